The molecule has 4 nitrogen and oxygen atoms in total. The molecule has 0 aliphatic heterocycles. The first kappa shape index (κ1) is 14.9. The van der Waals surface area contributed by atoms with E-state index in [9.17, 15) is 4.79 Å². The van der Waals surface area contributed by atoms with Gasteiger partial charge in [-0.15, -0.1) is 11.6 Å². The number of rotatable bonds is 4. The van der Waals surface area contributed by atoms with E-state index in [4.69, 9.17) is 11.6 Å². The fourth-order valence-electron chi connectivity index (χ4n) is 2.48. The normalized spacial score (nSPS) is 12.7. The van der Waals surface area contributed by atoms with Crippen LogP contribution in [-0.2, 0) is 13.6 Å². The van der Waals surface area contributed by atoms with Gasteiger partial charge >= 0.3 is 0 Å². The van der Waals surface area contributed by atoms with Crippen LogP contribution < -0.4 is 0 Å². The first-order valence-corrected chi connectivity index (χ1v) is 7.09. The summed E-state index contributed by atoms with van der Waals surface area (Å²) in [7, 11) is 1.91. The zero-order valence-corrected chi connectivity index (χ0v) is 13.3. The monoisotopic (exact) mass is 293 g/mol. The lowest BCUT2D eigenvalue weighted by molar-refractivity contribution is 0.0991. The lowest BCUT2D eigenvalue weighted by atomic mass is 10.1. The van der Waals surface area contributed by atoms with Crippen LogP contribution in [0.25, 0.3) is 0 Å². The van der Waals surface area contributed by atoms with E-state index in [2.05, 4.69) is 9.67 Å². The molecule has 0 saturated carbocycles. The van der Waals surface area contributed by atoms with Gasteiger partial charge < -0.3 is 4.57 Å². The van der Waals surface area contributed by atoms with Crippen LogP contribution in [0.3, 0.4) is 0 Å². The molecular formula is C15H20ClN3O. The summed E-state index contributed by atoms with van der Waals surface area (Å²) >= 11 is 5.91. The molecule has 0 aliphatic carbocycles. The Morgan fingerprint density at radius 1 is 1.40 bits per heavy atom. The summed E-state index contributed by atoms with van der Waals surface area (Å²) in [5.74, 6) is -0.0195. The van der Waals surface area contributed by atoms with Gasteiger partial charge in [0.2, 0.25) is 0 Å². The number of halogens is 1. The average Bonchev–Trinajstić information content (AvgIpc) is 2.82. The second kappa shape index (κ2) is 5.44. The highest BCUT2D eigenvalue weighted by atomic mass is 35.5. The number of alkyl halides is 1. The largest absolute Gasteiger partial charge is 0.344 e. The first-order chi connectivity index (χ1) is 9.31. The van der Waals surface area contributed by atoms with Gasteiger partial charge in [-0.2, -0.15) is 5.10 Å². The summed E-state index contributed by atoms with van der Waals surface area (Å²) < 4.78 is 3.95. The van der Waals surface area contributed by atoms with Gasteiger partial charge in [0.15, 0.2) is 5.78 Å². The Morgan fingerprint density at radius 3 is 2.55 bits per heavy atom. The maximum atomic E-state index is 12.1. The van der Waals surface area contributed by atoms with Crippen LogP contribution in [0.4, 0.5) is 0 Å². The molecule has 2 aromatic heterocycles. The third kappa shape index (κ3) is 2.66. The molecule has 2 rings (SSSR count). The molecule has 0 spiro atoms. The summed E-state index contributed by atoms with van der Waals surface area (Å²) in [6, 6.07) is 1.92. The van der Waals surface area contributed by atoms with Crippen LogP contribution in [0.5, 0.6) is 0 Å². The second-order valence-corrected chi connectivity index (χ2v) is 5.92. The molecule has 5 heteroatoms. The van der Waals surface area contributed by atoms with E-state index in [1.807, 2.05) is 44.8 Å². The van der Waals surface area contributed by atoms with Gasteiger partial charge in [0, 0.05) is 35.8 Å². The Bertz CT molecular complexity index is 652. The van der Waals surface area contributed by atoms with Crippen LogP contribution in [0.15, 0.2) is 12.3 Å². The SMILES string of the molecule is Cc1nn(C)cc1Cn1c(C)cc(C(=O)C(C)Cl)c1C. The maximum Gasteiger partial charge on any atom is 0.182 e. The van der Waals surface area contributed by atoms with Crippen molar-refractivity contribution in [1.29, 1.82) is 0 Å². The minimum absolute atomic E-state index is 0.0195. The fraction of sp³-hybridized carbons (Fsp3) is 0.467. The number of carbonyl (C=O) groups is 1. The summed E-state index contributed by atoms with van der Waals surface area (Å²) in [4.78, 5) is 12.1. The van der Waals surface area contributed by atoms with Crippen molar-refractivity contribution in [3.05, 3.63) is 40.5 Å². The van der Waals surface area contributed by atoms with Crippen molar-refractivity contribution >= 4 is 17.4 Å². The van der Waals surface area contributed by atoms with E-state index in [0.717, 1.165) is 29.2 Å². The molecule has 20 heavy (non-hydrogen) atoms. The minimum atomic E-state index is -0.496. The van der Waals surface area contributed by atoms with Crippen LogP contribution in [0.1, 0.15) is 39.9 Å². The molecule has 0 saturated heterocycles. The Morgan fingerprint density at radius 2 is 2.05 bits per heavy atom. The van der Waals surface area contributed by atoms with Gasteiger partial charge in [0.05, 0.1) is 17.6 Å². The highest BCUT2D eigenvalue weighted by Gasteiger charge is 2.19. The van der Waals surface area contributed by atoms with Crippen molar-refractivity contribution in [3.63, 3.8) is 0 Å². The summed E-state index contributed by atoms with van der Waals surface area (Å²) in [5.41, 5.74) is 4.91. The summed E-state index contributed by atoms with van der Waals surface area (Å²) in [6.07, 6.45) is 2.01. The predicted molar refractivity (Wildman–Crippen MR) is 80.6 cm³/mol. The van der Waals surface area contributed by atoms with Gasteiger partial charge in [-0.3, -0.25) is 9.48 Å². The average molecular weight is 294 g/mol. The molecule has 0 aliphatic rings. The minimum Gasteiger partial charge on any atom is -0.344 e. The quantitative estimate of drug-likeness (QED) is 0.642. The number of ketones is 1. The van der Waals surface area contributed by atoms with E-state index < -0.39 is 5.38 Å². The summed E-state index contributed by atoms with van der Waals surface area (Å²) in [6.45, 7) is 8.40. The molecule has 1 unspecified atom stereocenters. The molecule has 0 fully saturated rings. The number of carbonyl (C=O) groups excluding carboxylic acids is 1. The van der Waals surface area contributed by atoms with Crippen LogP contribution in [-0.4, -0.2) is 25.5 Å². The third-order valence-corrected chi connectivity index (χ3v) is 3.84. The third-order valence-electron chi connectivity index (χ3n) is 3.64. The van der Waals surface area contributed by atoms with Crippen molar-refractivity contribution < 1.29 is 4.79 Å². The highest BCUT2D eigenvalue weighted by molar-refractivity contribution is 6.33. The van der Waals surface area contributed by atoms with Crippen molar-refractivity contribution in [2.24, 2.45) is 7.05 Å². The Labute approximate surface area is 124 Å². The van der Waals surface area contributed by atoms with Gasteiger partial charge in [-0.1, -0.05) is 0 Å². The van der Waals surface area contributed by atoms with Crippen LogP contribution in [0, 0.1) is 20.8 Å². The van der Waals surface area contributed by atoms with Crippen molar-refractivity contribution in [3.8, 4) is 0 Å². The van der Waals surface area contributed by atoms with Crippen molar-refractivity contribution in [2.75, 3.05) is 0 Å². The lowest BCUT2D eigenvalue weighted by Gasteiger charge is -2.09. The Balaban J connectivity index is 2.38. The predicted octanol–water partition coefficient (Wildman–Crippen LogP) is 3.01. The standard InChI is InChI=1S/C15H20ClN3O/c1-9-6-14(15(20)10(2)16)12(4)19(9)8-13-7-18(5)17-11(13)3/h6-7,10H,8H2,1-5H3. The molecule has 2 heterocycles. The topological polar surface area (TPSA) is 39.8 Å². The maximum absolute atomic E-state index is 12.1. The molecule has 0 aromatic carbocycles. The molecule has 0 N–H and O–H groups in total. The Kier molecular flexibility index (Phi) is 4.04. The number of hydrogen-bond donors (Lipinski definition) is 0. The fourth-order valence-corrected chi connectivity index (χ4v) is 2.60. The van der Waals surface area contributed by atoms with Gasteiger partial charge in [-0.05, 0) is 33.8 Å². The molecule has 1 atom stereocenters. The number of aryl methyl sites for hydroxylation is 3. The van der Waals surface area contributed by atoms with Crippen molar-refractivity contribution in [2.45, 2.75) is 39.6 Å². The molecule has 0 bridgehead atoms. The molecule has 0 radical (unpaired) electrons. The van der Waals surface area contributed by atoms with Gasteiger partial charge in [0.1, 0.15) is 0 Å². The van der Waals surface area contributed by atoms with E-state index in [1.54, 1.807) is 6.92 Å². The van der Waals surface area contributed by atoms with Crippen LogP contribution >= 0.6 is 11.6 Å². The molecular weight excluding hydrogens is 274 g/mol. The van der Waals surface area contributed by atoms with E-state index in [0.29, 0.717) is 5.56 Å². The van der Waals surface area contributed by atoms with E-state index in [1.165, 1.54) is 0 Å². The van der Waals surface area contributed by atoms with E-state index in [-0.39, 0.29) is 5.78 Å². The lowest BCUT2D eigenvalue weighted by Crippen LogP contribution is -2.12. The molecule has 108 valence electrons. The Hall–Kier alpha value is -1.55. The first-order valence-electron chi connectivity index (χ1n) is 6.65. The zero-order valence-electron chi connectivity index (χ0n) is 12.6. The van der Waals surface area contributed by atoms with E-state index >= 15 is 0 Å². The highest BCUT2D eigenvalue weighted by Crippen LogP contribution is 2.20. The number of Topliss-reactive ketones (excluding diaryl/α,β-unsaturated/α-hetero) is 1. The smallest absolute Gasteiger partial charge is 0.182 e. The molecule has 2 aromatic rings. The number of nitrogens with zero attached hydrogens (tertiary/aromatic N) is 3. The van der Waals surface area contributed by atoms with Gasteiger partial charge in [-0.25, -0.2) is 0 Å². The zero-order chi connectivity index (χ0) is 15.0. The molecule has 0 amide bonds. The second-order valence-electron chi connectivity index (χ2n) is 5.26. The van der Waals surface area contributed by atoms with Crippen LogP contribution in [0.2, 0.25) is 0 Å². The summed E-state index contributed by atoms with van der Waals surface area (Å²) in [5, 5.41) is 3.86. The number of aromatic nitrogens is 3. The van der Waals surface area contributed by atoms with Crippen molar-refractivity contribution in [1.82, 2.24) is 14.3 Å². The van der Waals surface area contributed by atoms with Gasteiger partial charge in [0.25, 0.3) is 0 Å². The number of hydrogen-bond acceptors (Lipinski definition) is 2.